The molecule has 0 aliphatic carbocycles. The van der Waals surface area contributed by atoms with Crippen molar-refractivity contribution in [3.8, 4) is 5.69 Å². The van der Waals surface area contributed by atoms with Crippen LogP contribution in [0.5, 0.6) is 0 Å². The molecular formula is C18H24Cl2FN5O. The average molecular weight is 416 g/mol. The summed E-state index contributed by atoms with van der Waals surface area (Å²) in [6, 6.07) is 4.53. The zero-order valence-corrected chi connectivity index (χ0v) is 17.0. The number of rotatable bonds is 5. The quantitative estimate of drug-likeness (QED) is 0.812. The molecule has 1 aromatic heterocycles. The van der Waals surface area contributed by atoms with Gasteiger partial charge in [-0.2, -0.15) is 0 Å². The SMILES string of the molecule is CCCN(C(=O)c1nnn(-c2ccc(F)c(Cl)c2)c1C)C1CCNCC1.Cl. The molecule has 1 saturated heterocycles. The molecule has 1 aliphatic rings. The van der Waals surface area contributed by atoms with E-state index in [1.807, 2.05) is 4.90 Å². The molecule has 1 aromatic carbocycles. The van der Waals surface area contributed by atoms with E-state index in [0.717, 1.165) is 32.4 Å². The second-order valence-corrected chi connectivity index (χ2v) is 6.92. The molecule has 0 bridgehead atoms. The van der Waals surface area contributed by atoms with Crippen LogP contribution in [0, 0.1) is 12.7 Å². The van der Waals surface area contributed by atoms with Gasteiger partial charge in [0.2, 0.25) is 0 Å². The van der Waals surface area contributed by atoms with E-state index in [9.17, 15) is 9.18 Å². The zero-order valence-electron chi connectivity index (χ0n) is 15.4. The molecule has 0 radical (unpaired) electrons. The number of nitrogens with one attached hydrogen (secondary N) is 1. The Morgan fingerprint density at radius 2 is 2.11 bits per heavy atom. The highest BCUT2D eigenvalue weighted by molar-refractivity contribution is 6.30. The van der Waals surface area contributed by atoms with Gasteiger partial charge in [-0.1, -0.05) is 23.7 Å². The van der Waals surface area contributed by atoms with E-state index in [0.29, 0.717) is 23.6 Å². The largest absolute Gasteiger partial charge is 0.334 e. The summed E-state index contributed by atoms with van der Waals surface area (Å²) in [4.78, 5) is 15.0. The molecule has 1 fully saturated rings. The van der Waals surface area contributed by atoms with Crippen LogP contribution in [0.15, 0.2) is 18.2 Å². The first-order valence-corrected chi connectivity index (χ1v) is 9.30. The minimum Gasteiger partial charge on any atom is -0.334 e. The van der Waals surface area contributed by atoms with Crippen LogP contribution in [-0.4, -0.2) is 51.5 Å². The minimum absolute atomic E-state index is 0. The smallest absolute Gasteiger partial charge is 0.276 e. The second-order valence-electron chi connectivity index (χ2n) is 6.51. The Morgan fingerprint density at radius 3 is 2.74 bits per heavy atom. The molecule has 148 valence electrons. The van der Waals surface area contributed by atoms with Gasteiger partial charge in [0.25, 0.3) is 5.91 Å². The van der Waals surface area contributed by atoms with Gasteiger partial charge < -0.3 is 10.2 Å². The van der Waals surface area contributed by atoms with Crippen molar-refractivity contribution in [1.29, 1.82) is 0 Å². The molecule has 6 nitrogen and oxygen atoms in total. The Balaban J connectivity index is 0.00000261. The van der Waals surface area contributed by atoms with Crippen LogP contribution in [0.1, 0.15) is 42.4 Å². The van der Waals surface area contributed by atoms with Crippen molar-refractivity contribution >= 4 is 29.9 Å². The topological polar surface area (TPSA) is 63.1 Å². The Hall–Kier alpha value is -1.70. The van der Waals surface area contributed by atoms with Gasteiger partial charge in [0.15, 0.2) is 5.69 Å². The number of hydrogen-bond donors (Lipinski definition) is 1. The first kappa shape index (κ1) is 21.6. The molecule has 1 aliphatic heterocycles. The van der Waals surface area contributed by atoms with Gasteiger partial charge in [-0.25, -0.2) is 9.07 Å². The van der Waals surface area contributed by atoms with Crippen LogP contribution in [-0.2, 0) is 0 Å². The second kappa shape index (κ2) is 9.48. The van der Waals surface area contributed by atoms with Gasteiger partial charge in [-0.05, 0) is 57.5 Å². The number of hydrogen-bond acceptors (Lipinski definition) is 4. The maximum atomic E-state index is 13.4. The highest BCUT2D eigenvalue weighted by Gasteiger charge is 2.29. The normalized spacial score (nSPS) is 14.7. The summed E-state index contributed by atoms with van der Waals surface area (Å²) in [5, 5.41) is 11.5. The minimum atomic E-state index is -0.496. The maximum absolute atomic E-state index is 13.4. The lowest BCUT2D eigenvalue weighted by Crippen LogP contribution is -2.46. The molecule has 1 amide bonds. The van der Waals surface area contributed by atoms with Crippen molar-refractivity contribution in [1.82, 2.24) is 25.2 Å². The van der Waals surface area contributed by atoms with Crippen molar-refractivity contribution in [3.05, 3.63) is 40.4 Å². The van der Waals surface area contributed by atoms with Crippen LogP contribution in [0.3, 0.4) is 0 Å². The number of benzene rings is 1. The summed E-state index contributed by atoms with van der Waals surface area (Å²) < 4.78 is 14.9. The monoisotopic (exact) mass is 415 g/mol. The van der Waals surface area contributed by atoms with Crippen molar-refractivity contribution < 1.29 is 9.18 Å². The molecule has 0 atom stereocenters. The van der Waals surface area contributed by atoms with E-state index in [-0.39, 0.29) is 29.4 Å². The van der Waals surface area contributed by atoms with Crippen LogP contribution in [0.2, 0.25) is 5.02 Å². The Labute approximate surface area is 169 Å². The lowest BCUT2D eigenvalue weighted by atomic mass is 10.0. The van der Waals surface area contributed by atoms with Gasteiger partial charge in [-0.15, -0.1) is 17.5 Å². The zero-order chi connectivity index (χ0) is 18.7. The van der Waals surface area contributed by atoms with Crippen molar-refractivity contribution in [2.75, 3.05) is 19.6 Å². The molecule has 0 saturated carbocycles. The van der Waals surface area contributed by atoms with Crippen molar-refractivity contribution in [2.45, 2.75) is 39.2 Å². The highest BCUT2D eigenvalue weighted by atomic mass is 35.5. The molecule has 27 heavy (non-hydrogen) atoms. The molecule has 2 aromatic rings. The Morgan fingerprint density at radius 1 is 1.41 bits per heavy atom. The molecule has 3 rings (SSSR count). The lowest BCUT2D eigenvalue weighted by Gasteiger charge is -2.34. The number of carbonyl (C=O) groups is 1. The van der Waals surface area contributed by atoms with Gasteiger partial charge >= 0.3 is 0 Å². The number of carbonyl (C=O) groups excluding carboxylic acids is 1. The predicted octanol–water partition coefficient (Wildman–Crippen LogP) is 3.39. The summed E-state index contributed by atoms with van der Waals surface area (Å²) in [6.07, 6.45) is 2.76. The summed E-state index contributed by atoms with van der Waals surface area (Å²) in [5.41, 5.74) is 1.52. The van der Waals surface area contributed by atoms with Crippen LogP contribution in [0.25, 0.3) is 5.69 Å². The number of nitrogens with zero attached hydrogens (tertiary/aromatic N) is 4. The number of halogens is 3. The third-order valence-electron chi connectivity index (χ3n) is 4.72. The predicted molar refractivity (Wildman–Crippen MR) is 106 cm³/mol. The molecule has 9 heteroatoms. The van der Waals surface area contributed by atoms with E-state index in [2.05, 4.69) is 22.6 Å². The highest BCUT2D eigenvalue weighted by Crippen LogP contribution is 2.22. The maximum Gasteiger partial charge on any atom is 0.276 e. The average Bonchev–Trinajstić information content (AvgIpc) is 3.03. The van der Waals surface area contributed by atoms with E-state index in [1.54, 1.807) is 13.0 Å². The third kappa shape index (κ3) is 4.59. The van der Waals surface area contributed by atoms with E-state index in [1.165, 1.54) is 16.8 Å². The first-order chi connectivity index (χ1) is 12.5. The van der Waals surface area contributed by atoms with Gasteiger partial charge in [0, 0.05) is 12.6 Å². The Kier molecular flexibility index (Phi) is 7.59. The van der Waals surface area contributed by atoms with E-state index in [4.69, 9.17) is 11.6 Å². The van der Waals surface area contributed by atoms with Gasteiger partial charge in [-0.3, -0.25) is 4.79 Å². The number of aromatic nitrogens is 3. The molecule has 0 spiro atoms. The summed E-state index contributed by atoms with van der Waals surface area (Å²) in [6.45, 7) is 6.37. The van der Waals surface area contributed by atoms with E-state index >= 15 is 0 Å². The fraction of sp³-hybridized carbons (Fsp3) is 0.500. The first-order valence-electron chi connectivity index (χ1n) is 8.92. The van der Waals surface area contributed by atoms with Crippen LogP contribution < -0.4 is 5.32 Å². The molecule has 0 unspecified atom stereocenters. The molecule has 1 N–H and O–H groups in total. The van der Waals surface area contributed by atoms with Crippen molar-refractivity contribution in [2.24, 2.45) is 0 Å². The summed E-state index contributed by atoms with van der Waals surface area (Å²) >= 11 is 5.86. The number of amides is 1. The van der Waals surface area contributed by atoms with Gasteiger partial charge in [0.05, 0.1) is 16.4 Å². The lowest BCUT2D eigenvalue weighted by molar-refractivity contribution is 0.0635. The van der Waals surface area contributed by atoms with Crippen LogP contribution >= 0.6 is 24.0 Å². The van der Waals surface area contributed by atoms with Crippen LogP contribution in [0.4, 0.5) is 4.39 Å². The summed E-state index contributed by atoms with van der Waals surface area (Å²) in [7, 11) is 0. The molecular weight excluding hydrogens is 392 g/mol. The third-order valence-corrected chi connectivity index (χ3v) is 5.01. The fourth-order valence-corrected chi connectivity index (χ4v) is 3.51. The number of piperidine rings is 1. The molecule has 2 heterocycles. The standard InChI is InChI=1S/C18H23ClFN5O.ClH/c1-3-10-24(13-6-8-21-9-7-13)18(26)17-12(2)25(23-22-17)14-4-5-16(20)15(19)11-14;/h4-5,11,13,21H,3,6-10H2,1-2H3;1H. The van der Waals surface area contributed by atoms with Gasteiger partial charge in [0.1, 0.15) is 5.82 Å². The Bertz CT molecular complexity index is 792. The van der Waals surface area contributed by atoms with Crippen molar-refractivity contribution in [3.63, 3.8) is 0 Å². The summed E-state index contributed by atoms with van der Waals surface area (Å²) in [5.74, 6) is -0.597. The fourth-order valence-electron chi connectivity index (χ4n) is 3.33. The van der Waals surface area contributed by atoms with E-state index < -0.39 is 5.82 Å².